The molecular formula is C18H24N2O2S. The molecule has 3 rings (SSSR count). The van der Waals surface area contributed by atoms with Gasteiger partial charge in [0.25, 0.3) is 0 Å². The normalized spacial score (nSPS) is 13.4. The van der Waals surface area contributed by atoms with Gasteiger partial charge in [-0.25, -0.2) is 0 Å². The van der Waals surface area contributed by atoms with Crippen LogP contribution in [-0.2, 0) is 12.8 Å². The first-order valence-electron chi connectivity index (χ1n) is 8.46. The fourth-order valence-corrected chi connectivity index (χ4v) is 3.21. The van der Waals surface area contributed by atoms with Crippen molar-refractivity contribution in [2.45, 2.75) is 39.0 Å². The van der Waals surface area contributed by atoms with Crippen molar-refractivity contribution in [2.75, 3.05) is 19.7 Å². The summed E-state index contributed by atoms with van der Waals surface area (Å²) in [5.74, 6) is 1.01. The average molecular weight is 332 g/mol. The van der Waals surface area contributed by atoms with E-state index in [-0.39, 0.29) is 0 Å². The Morgan fingerprint density at radius 2 is 2.13 bits per heavy atom. The summed E-state index contributed by atoms with van der Waals surface area (Å²) in [6.07, 6.45) is 7.20. The van der Waals surface area contributed by atoms with Crippen LogP contribution >= 0.6 is 12.2 Å². The van der Waals surface area contributed by atoms with E-state index in [2.05, 4.69) is 17.6 Å². The zero-order valence-corrected chi connectivity index (χ0v) is 14.4. The quantitative estimate of drug-likeness (QED) is 0.625. The molecule has 2 heterocycles. The van der Waals surface area contributed by atoms with Crippen molar-refractivity contribution in [3.05, 3.63) is 29.5 Å². The van der Waals surface area contributed by atoms with Crippen LogP contribution in [0.15, 0.2) is 22.8 Å². The van der Waals surface area contributed by atoms with E-state index in [1.165, 1.54) is 22.9 Å². The van der Waals surface area contributed by atoms with Gasteiger partial charge in [-0.2, -0.15) is 0 Å². The van der Waals surface area contributed by atoms with Gasteiger partial charge in [-0.1, -0.05) is 13.3 Å². The predicted octanol–water partition coefficient (Wildman–Crippen LogP) is 3.56. The number of ether oxygens (including phenoxy) is 1. The molecule has 5 heteroatoms. The van der Waals surface area contributed by atoms with Crippen molar-refractivity contribution >= 4 is 28.3 Å². The Kier molecular flexibility index (Phi) is 5.39. The molecule has 0 bridgehead atoms. The number of benzene rings is 1. The van der Waals surface area contributed by atoms with Crippen LogP contribution in [0.2, 0.25) is 0 Å². The fraction of sp³-hybridized carbons (Fsp3) is 0.500. The maximum atomic E-state index is 5.77. The van der Waals surface area contributed by atoms with Crippen molar-refractivity contribution in [1.29, 1.82) is 0 Å². The van der Waals surface area contributed by atoms with Crippen LogP contribution < -0.4 is 15.4 Å². The zero-order valence-electron chi connectivity index (χ0n) is 13.6. The first-order valence-corrected chi connectivity index (χ1v) is 8.87. The van der Waals surface area contributed by atoms with Crippen LogP contribution in [0.3, 0.4) is 0 Å². The molecule has 1 aromatic carbocycles. The van der Waals surface area contributed by atoms with Gasteiger partial charge in [-0.3, -0.25) is 0 Å². The SMILES string of the molecule is CCCCNC(=S)NCCc1coc2ccc3c(c12)CCCO3. The molecule has 23 heavy (non-hydrogen) atoms. The molecule has 124 valence electrons. The monoisotopic (exact) mass is 332 g/mol. The lowest BCUT2D eigenvalue weighted by atomic mass is 9.98. The van der Waals surface area contributed by atoms with E-state index >= 15 is 0 Å². The molecule has 0 amide bonds. The molecule has 1 aliphatic rings. The summed E-state index contributed by atoms with van der Waals surface area (Å²) in [6.45, 7) is 4.72. The number of rotatable bonds is 6. The molecule has 0 fully saturated rings. The molecule has 0 aliphatic carbocycles. The van der Waals surface area contributed by atoms with Crippen LogP contribution in [0.5, 0.6) is 5.75 Å². The number of thiocarbonyl (C=S) groups is 1. The highest BCUT2D eigenvalue weighted by Gasteiger charge is 2.18. The lowest BCUT2D eigenvalue weighted by Crippen LogP contribution is -2.36. The maximum Gasteiger partial charge on any atom is 0.166 e. The summed E-state index contributed by atoms with van der Waals surface area (Å²) in [5, 5.41) is 8.46. The van der Waals surface area contributed by atoms with Crippen molar-refractivity contribution in [2.24, 2.45) is 0 Å². The average Bonchev–Trinajstić information content (AvgIpc) is 2.99. The Hall–Kier alpha value is -1.75. The lowest BCUT2D eigenvalue weighted by Gasteiger charge is -2.18. The topological polar surface area (TPSA) is 46.4 Å². The molecule has 0 atom stereocenters. The molecule has 0 saturated heterocycles. The molecule has 0 spiro atoms. The largest absolute Gasteiger partial charge is 0.493 e. The number of furan rings is 1. The van der Waals surface area contributed by atoms with Gasteiger partial charge in [0.2, 0.25) is 0 Å². The van der Waals surface area contributed by atoms with Gasteiger partial charge < -0.3 is 19.8 Å². The van der Waals surface area contributed by atoms with Crippen LogP contribution in [0, 0.1) is 0 Å². The third kappa shape index (κ3) is 3.78. The van der Waals surface area contributed by atoms with Gasteiger partial charge >= 0.3 is 0 Å². The molecule has 2 aromatic rings. The Balaban J connectivity index is 1.63. The number of nitrogens with one attached hydrogen (secondary N) is 2. The Bertz CT molecular complexity index is 681. The summed E-state index contributed by atoms with van der Waals surface area (Å²) in [4.78, 5) is 0. The summed E-state index contributed by atoms with van der Waals surface area (Å²) < 4.78 is 11.5. The molecule has 4 nitrogen and oxygen atoms in total. The maximum absolute atomic E-state index is 5.77. The predicted molar refractivity (Wildman–Crippen MR) is 97.2 cm³/mol. The van der Waals surface area contributed by atoms with E-state index < -0.39 is 0 Å². The van der Waals surface area contributed by atoms with Crippen LogP contribution in [0.25, 0.3) is 11.0 Å². The van der Waals surface area contributed by atoms with Gasteiger partial charge in [0, 0.05) is 29.6 Å². The molecule has 0 saturated carbocycles. The van der Waals surface area contributed by atoms with Crippen LogP contribution in [-0.4, -0.2) is 24.8 Å². The zero-order chi connectivity index (χ0) is 16.1. The van der Waals surface area contributed by atoms with E-state index in [1.807, 2.05) is 18.4 Å². The third-order valence-corrected chi connectivity index (χ3v) is 4.49. The second-order valence-corrected chi connectivity index (χ2v) is 6.32. The number of fused-ring (bicyclic) bond motifs is 3. The van der Waals surface area contributed by atoms with Crippen LogP contribution in [0.1, 0.15) is 37.3 Å². The summed E-state index contributed by atoms with van der Waals surface area (Å²) >= 11 is 5.29. The molecule has 0 unspecified atom stereocenters. The van der Waals surface area contributed by atoms with Crippen LogP contribution in [0.4, 0.5) is 0 Å². The van der Waals surface area contributed by atoms with Gasteiger partial charge in [0.15, 0.2) is 5.11 Å². The van der Waals surface area contributed by atoms with Gasteiger partial charge in [0.05, 0.1) is 12.9 Å². The van der Waals surface area contributed by atoms with E-state index in [1.54, 1.807) is 0 Å². The van der Waals surface area contributed by atoms with E-state index in [0.29, 0.717) is 0 Å². The number of hydrogen-bond acceptors (Lipinski definition) is 3. The summed E-state index contributed by atoms with van der Waals surface area (Å²) in [6, 6.07) is 4.03. The Morgan fingerprint density at radius 1 is 1.26 bits per heavy atom. The van der Waals surface area contributed by atoms with Crippen molar-refractivity contribution in [1.82, 2.24) is 10.6 Å². The fourth-order valence-electron chi connectivity index (χ4n) is 3.00. The highest BCUT2D eigenvalue weighted by Crippen LogP contribution is 2.35. The minimum absolute atomic E-state index is 0.733. The van der Waals surface area contributed by atoms with Gasteiger partial charge in [-0.05, 0) is 50.0 Å². The molecule has 0 radical (unpaired) electrons. The number of aryl methyl sites for hydroxylation is 1. The van der Waals surface area contributed by atoms with Crippen molar-refractivity contribution in [3.8, 4) is 5.75 Å². The minimum Gasteiger partial charge on any atom is -0.493 e. The second-order valence-electron chi connectivity index (χ2n) is 5.91. The summed E-state index contributed by atoms with van der Waals surface area (Å²) in [7, 11) is 0. The lowest BCUT2D eigenvalue weighted by molar-refractivity contribution is 0.289. The number of hydrogen-bond donors (Lipinski definition) is 2. The van der Waals surface area contributed by atoms with Gasteiger partial charge in [0.1, 0.15) is 11.3 Å². The van der Waals surface area contributed by atoms with E-state index in [0.717, 1.165) is 61.8 Å². The Labute approximate surface area is 142 Å². The molecular weight excluding hydrogens is 308 g/mol. The van der Waals surface area contributed by atoms with Gasteiger partial charge in [-0.15, -0.1) is 0 Å². The van der Waals surface area contributed by atoms with E-state index in [9.17, 15) is 0 Å². The van der Waals surface area contributed by atoms with Crippen molar-refractivity contribution < 1.29 is 9.15 Å². The minimum atomic E-state index is 0.733. The standard InChI is InChI=1S/C18H24N2O2S/c1-2-3-9-19-18(23)20-10-8-13-12-22-16-7-6-15-14(17(13)16)5-4-11-21-15/h6-7,12H,2-5,8-11H2,1H3,(H2,19,20,23). The van der Waals surface area contributed by atoms with Crippen molar-refractivity contribution in [3.63, 3.8) is 0 Å². The molecule has 1 aromatic heterocycles. The van der Waals surface area contributed by atoms with E-state index in [4.69, 9.17) is 21.4 Å². The Morgan fingerprint density at radius 3 is 3.00 bits per heavy atom. The first-order chi connectivity index (χ1) is 11.3. The number of unbranched alkanes of at least 4 members (excludes halogenated alkanes) is 1. The first kappa shape index (κ1) is 16.1. The second kappa shape index (κ2) is 7.68. The molecule has 1 aliphatic heterocycles. The highest BCUT2D eigenvalue weighted by atomic mass is 32.1. The highest BCUT2D eigenvalue weighted by molar-refractivity contribution is 7.80. The smallest absolute Gasteiger partial charge is 0.166 e. The molecule has 2 N–H and O–H groups in total. The summed E-state index contributed by atoms with van der Waals surface area (Å²) in [5.41, 5.74) is 3.47. The third-order valence-electron chi connectivity index (χ3n) is 4.21.